The molecule has 4 aromatic rings. The number of nitrogens with one attached hydrogen (secondary N) is 1. The lowest BCUT2D eigenvalue weighted by Gasteiger charge is -2.11. The van der Waals surface area contributed by atoms with E-state index in [9.17, 15) is 4.39 Å². The van der Waals surface area contributed by atoms with E-state index in [4.69, 9.17) is 4.98 Å². The fourth-order valence-electron chi connectivity index (χ4n) is 2.77. The van der Waals surface area contributed by atoms with E-state index in [1.165, 1.54) is 12.1 Å². The molecule has 0 bridgehead atoms. The Bertz CT molecular complexity index is 995. The first kappa shape index (κ1) is 12.0. The van der Waals surface area contributed by atoms with Crippen LogP contribution < -0.4 is 5.32 Å². The van der Waals surface area contributed by atoms with Crippen LogP contribution in [0.15, 0.2) is 48.7 Å². The predicted octanol–water partition coefficient (Wildman–Crippen LogP) is 4.12. The number of hydrogen-bond acceptors (Lipinski definition) is 3. The smallest absolute Gasteiger partial charge is 0.124 e. The summed E-state index contributed by atoms with van der Waals surface area (Å²) in [6, 6.07) is 12.5. The molecule has 21 heavy (non-hydrogen) atoms. The summed E-state index contributed by atoms with van der Waals surface area (Å²) in [5.74, 6) is -0.270. The van der Waals surface area contributed by atoms with Crippen LogP contribution >= 0.6 is 0 Å². The second-order valence-electron chi connectivity index (χ2n) is 4.94. The highest BCUT2D eigenvalue weighted by Gasteiger charge is 2.11. The molecule has 0 fully saturated rings. The number of fused-ring (bicyclic) bond motifs is 4. The highest BCUT2D eigenvalue weighted by atomic mass is 19.1. The maximum atomic E-state index is 13.5. The molecule has 4 rings (SSSR count). The zero-order valence-corrected chi connectivity index (χ0v) is 11.4. The molecular weight excluding hydrogens is 265 g/mol. The predicted molar refractivity (Wildman–Crippen MR) is 84.1 cm³/mol. The minimum absolute atomic E-state index is 0.270. The van der Waals surface area contributed by atoms with Gasteiger partial charge in [-0.3, -0.25) is 4.98 Å². The van der Waals surface area contributed by atoms with Crippen molar-refractivity contribution in [3.05, 3.63) is 54.5 Å². The number of rotatable bonds is 1. The fourth-order valence-corrected chi connectivity index (χ4v) is 2.77. The molecule has 1 N–H and O–H groups in total. The van der Waals surface area contributed by atoms with E-state index in [0.29, 0.717) is 0 Å². The van der Waals surface area contributed by atoms with Crippen molar-refractivity contribution in [1.29, 1.82) is 0 Å². The van der Waals surface area contributed by atoms with Crippen molar-refractivity contribution in [3.8, 4) is 0 Å². The molecule has 0 aliphatic carbocycles. The van der Waals surface area contributed by atoms with Crippen molar-refractivity contribution in [2.45, 2.75) is 0 Å². The largest absolute Gasteiger partial charge is 0.387 e. The lowest BCUT2D eigenvalue weighted by atomic mass is 10.1. The Morgan fingerprint density at radius 2 is 1.81 bits per heavy atom. The Morgan fingerprint density at radius 1 is 0.952 bits per heavy atom. The highest BCUT2D eigenvalue weighted by Crippen LogP contribution is 2.33. The van der Waals surface area contributed by atoms with Gasteiger partial charge in [0.1, 0.15) is 5.82 Å². The average Bonchev–Trinajstić information content (AvgIpc) is 2.52. The minimum Gasteiger partial charge on any atom is -0.387 e. The molecule has 3 nitrogen and oxygen atoms in total. The molecule has 0 aliphatic rings. The summed E-state index contributed by atoms with van der Waals surface area (Å²) in [5.41, 5.74) is 3.41. The average molecular weight is 277 g/mol. The third kappa shape index (κ3) is 1.72. The van der Waals surface area contributed by atoms with E-state index in [2.05, 4.69) is 10.3 Å². The van der Waals surface area contributed by atoms with Gasteiger partial charge in [0.2, 0.25) is 0 Å². The number of anilines is 1. The number of aromatic nitrogens is 2. The molecule has 0 radical (unpaired) electrons. The van der Waals surface area contributed by atoms with Gasteiger partial charge < -0.3 is 5.32 Å². The van der Waals surface area contributed by atoms with Crippen LogP contribution in [0.2, 0.25) is 0 Å². The molecule has 2 heterocycles. The summed E-state index contributed by atoms with van der Waals surface area (Å²) < 4.78 is 13.5. The fraction of sp³-hybridized carbons (Fsp3) is 0.0588. The van der Waals surface area contributed by atoms with Gasteiger partial charge >= 0.3 is 0 Å². The van der Waals surface area contributed by atoms with Gasteiger partial charge in [0, 0.05) is 29.4 Å². The molecular formula is C17H12FN3. The first-order valence-corrected chi connectivity index (χ1v) is 6.72. The van der Waals surface area contributed by atoms with Gasteiger partial charge in [-0.05, 0) is 24.3 Å². The van der Waals surface area contributed by atoms with Gasteiger partial charge in [-0.25, -0.2) is 9.37 Å². The maximum Gasteiger partial charge on any atom is 0.124 e. The molecule has 4 heteroatoms. The number of pyridine rings is 2. The molecule has 0 saturated heterocycles. The number of para-hydroxylation sites is 1. The van der Waals surface area contributed by atoms with Gasteiger partial charge in [0.25, 0.3) is 0 Å². The van der Waals surface area contributed by atoms with Crippen LogP contribution in [0, 0.1) is 5.82 Å². The van der Waals surface area contributed by atoms with E-state index < -0.39 is 0 Å². The van der Waals surface area contributed by atoms with E-state index in [-0.39, 0.29) is 5.82 Å². The minimum atomic E-state index is -0.270. The van der Waals surface area contributed by atoms with Crippen molar-refractivity contribution >= 4 is 38.4 Å². The monoisotopic (exact) mass is 277 g/mol. The van der Waals surface area contributed by atoms with Gasteiger partial charge in [-0.1, -0.05) is 18.2 Å². The van der Waals surface area contributed by atoms with E-state index in [1.807, 2.05) is 31.3 Å². The Hall–Kier alpha value is -2.75. The standard InChI is InChI=1S/C17H12FN3/c1-19-16-12-8-10(18)6-7-15(12)21-17-11-4-2-3-5-14(11)20-9-13(16)17/h2-9H,1H3,(H,19,21). The molecule has 0 spiro atoms. The highest BCUT2D eigenvalue weighted by molar-refractivity contribution is 6.14. The van der Waals surface area contributed by atoms with E-state index in [1.54, 1.807) is 12.3 Å². The van der Waals surface area contributed by atoms with Crippen LogP contribution in [0.4, 0.5) is 10.1 Å². The summed E-state index contributed by atoms with van der Waals surface area (Å²) in [6.07, 6.45) is 1.79. The molecule has 0 amide bonds. The van der Waals surface area contributed by atoms with Gasteiger partial charge in [-0.2, -0.15) is 0 Å². The molecule has 0 unspecified atom stereocenters. The molecule has 0 aliphatic heterocycles. The second-order valence-corrected chi connectivity index (χ2v) is 4.94. The molecule has 0 saturated carbocycles. The SMILES string of the molecule is CNc1c2cc(F)ccc2nc2c1cnc1ccccc12. The van der Waals surface area contributed by atoms with E-state index >= 15 is 0 Å². The lowest BCUT2D eigenvalue weighted by Crippen LogP contribution is -1.96. The molecule has 2 aromatic heterocycles. The van der Waals surface area contributed by atoms with E-state index in [0.717, 1.165) is 38.4 Å². The van der Waals surface area contributed by atoms with Crippen molar-refractivity contribution in [2.24, 2.45) is 0 Å². The normalized spacial score (nSPS) is 11.3. The zero-order chi connectivity index (χ0) is 14.4. The summed E-state index contributed by atoms with van der Waals surface area (Å²) in [6.45, 7) is 0. The van der Waals surface area contributed by atoms with Gasteiger partial charge in [-0.15, -0.1) is 0 Å². The quantitative estimate of drug-likeness (QED) is 0.420. The maximum absolute atomic E-state index is 13.5. The Morgan fingerprint density at radius 3 is 2.67 bits per heavy atom. The topological polar surface area (TPSA) is 37.8 Å². The van der Waals surface area contributed by atoms with Crippen LogP contribution in [-0.4, -0.2) is 17.0 Å². The van der Waals surface area contributed by atoms with Crippen LogP contribution in [0.1, 0.15) is 0 Å². The zero-order valence-electron chi connectivity index (χ0n) is 11.4. The third-order valence-electron chi connectivity index (χ3n) is 3.73. The van der Waals surface area contributed by atoms with Crippen molar-refractivity contribution in [2.75, 3.05) is 12.4 Å². The summed E-state index contributed by atoms with van der Waals surface area (Å²) >= 11 is 0. The third-order valence-corrected chi connectivity index (χ3v) is 3.73. The van der Waals surface area contributed by atoms with Gasteiger partial charge in [0.05, 0.1) is 22.2 Å². The summed E-state index contributed by atoms with van der Waals surface area (Å²) in [5, 5.41) is 5.82. The lowest BCUT2D eigenvalue weighted by molar-refractivity contribution is 0.629. The van der Waals surface area contributed by atoms with Crippen LogP contribution in [0.5, 0.6) is 0 Å². The Balaban J connectivity index is 2.28. The summed E-state index contributed by atoms with van der Waals surface area (Å²) in [7, 11) is 1.83. The first-order chi connectivity index (χ1) is 10.3. The van der Waals surface area contributed by atoms with Gasteiger partial charge in [0.15, 0.2) is 0 Å². The molecule has 2 aromatic carbocycles. The second kappa shape index (κ2) is 4.38. The number of benzene rings is 2. The number of hydrogen-bond donors (Lipinski definition) is 1. The molecule has 102 valence electrons. The Kier molecular flexibility index (Phi) is 2.51. The van der Waals surface area contributed by atoms with Crippen LogP contribution in [-0.2, 0) is 0 Å². The van der Waals surface area contributed by atoms with Crippen molar-refractivity contribution in [1.82, 2.24) is 9.97 Å². The van der Waals surface area contributed by atoms with Crippen molar-refractivity contribution in [3.63, 3.8) is 0 Å². The molecule has 0 atom stereocenters. The van der Waals surface area contributed by atoms with Crippen molar-refractivity contribution < 1.29 is 4.39 Å². The summed E-state index contributed by atoms with van der Waals surface area (Å²) in [4.78, 5) is 9.18. The van der Waals surface area contributed by atoms with Crippen LogP contribution in [0.25, 0.3) is 32.7 Å². The Labute approximate surface area is 120 Å². The van der Waals surface area contributed by atoms with Crippen LogP contribution in [0.3, 0.4) is 0 Å². The first-order valence-electron chi connectivity index (χ1n) is 6.72. The number of halogens is 1. The number of nitrogens with zero attached hydrogens (tertiary/aromatic N) is 2.